The van der Waals surface area contributed by atoms with Crippen LogP contribution in [0.15, 0.2) is 24.3 Å². The second-order valence-electron chi connectivity index (χ2n) is 5.72. The van der Waals surface area contributed by atoms with Crippen molar-refractivity contribution in [3.8, 4) is 0 Å². The van der Waals surface area contributed by atoms with Crippen molar-refractivity contribution in [1.82, 2.24) is 9.80 Å². The lowest BCUT2D eigenvalue weighted by Gasteiger charge is -2.25. The minimum Gasteiger partial charge on any atom is -0.366 e. The van der Waals surface area contributed by atoms with Gasteiger partial charge in [0.15, 0.2) is 0 Å². The van der Waals surface area contributed by atoms with Gasteiger partial charge < -0.3 is 10.6 Å². The third kappa shape index (κ3) is 3.82. The van der Waals surface area contributed by atoms with Gasteiger partial charge in [0.1, 0.15) is 0 Å². The molecule has 0 aromatic heterocycles. The molecular weight excluding hydrogens is 266 g/mol. The topological polar surface area (TPSA) is 66.6 Å². The minimum absolute atomic E-state index is 0.0247. The summed E-state index contributed by atoms with van der Waals surface area (Å²) in [7, 11) is 0. The second kappa shape index (κ2) is 6.72. The predicted molar refractivity (Wildman–Crippen MR) is 82.2 cm³/mol. The lowest BCUT2D eigenvalue weighted by atomic mass is 10.1. The van der Waals surface area contributed by atoms with Gasteiger partial charge in [-0.1, -0.05) is 0 Å². The Morgan fingerprint density at radius 1 is 1.00 bits per heavy atom. The fourth-order valence-corrected chi connectivity index (χ4v) is 2.62. The van der Waals surface area contributed by atoms with Crippen LogP contribution in [0, 0.1) is 0 Å². The quantitative estimate of drug-likeness (QED) is 0.913. The van der Waals surface area contributed by atoms with Crippen LogP contribution in [0.2, 0.25) is 0 Å². The lowest BCUT2D eigenvalue weighted by molar-refractivity contribution is 0.0758. The van der Waals surface area contributed by atoms with Crippen molar-refractivity contribution in [2.75, 3.05) is 26.2 Å². The Morgan fingerprint density at radius 3 is 2.19 bits per heavy atom. The minimum atomic E-state index is -0.476. The molecule has 1 saturated heterocycles. The monoisotopic (exact) mass is 289 g/mol. The zero-order valence-corrected chi connectivity index (χ0v) is 12.7. The summed E-state index contributed by atoms with van der Waals surface area (Å²) in [5.74, 6) is -0.451. The molecule has 0 radical (unpaired) electrons. The van der Waals surface area contributed by atoms with Crippen LogP contribution in [-0.2, 0) is 0 Å². The van der Waals surface area contributed by atoms with Crippen molar-refractivity contribution < 1.29 is 9.59 Å². The Hall–Kier alpha value is -1.88. The molecule has 0 aliphatic carbocycles. The molecule has 1 heterocycles. The zero-order valence-electron chi connectivity index (χ0n) is 12.7. The molecule has 2 amide bonds. The molecule has 0 saturated carbocycles. The molecule has 2 rings (SSSR count). The number of carbonyl (C=O) groups is 2. The summed E-state index contributed by atoms with van der Waals surface area (Å²) in [4.78, 5) is 27.8. The fraction of sp³-hybridized carbons (Fsp3) is 0.500. The summed E-state index contributed by atoms with van der Waals surface area (Å²) in [5.41, 5.74) is 6.24. The first-order chi connectivity index (χ1) is 9.99. The van der Waals surface area contributed by atoms with E-state index in [2.05, 4.69) is 18.7 Å². The zero-order chi connectivity index (χ0) is 15.4. The SMILES string of the molecule is CC(C)N1CCCN(C(=O)c2ccc(C(N)=O)cc2)CC1. The molecule has 0 unspecified atom stereocenters. The first kappa shape index (κ1) is 15.5. The van der Waals surface area contributed by atoms with E-state index < -0.39 is 5.91 Å². The highest BCUT2D eigenvalue weighted by atomic mass is 16.2. The molecule has 1 aliphatic heterocycles. The normalized spacial score (nSPS) is 16.8. The molecule has 2 N–H and O–H groups in total. The van der Waals surface area contributed by atoms with Gasteiger partial charge in [-0.2, -0.15) is 0 Å². The van der Waals surface area contributed by atoms with Gasteiger partial charge in [0.05, 0.1) is 0 Å². The smallest absolute Gasteiger partial charge is 0.253 e. The summed E-state index contributed by atoms with van der Waals surface area (Å²) >= 11 is 0. The summed E-state index contributed by atoms with van der Waals surface area (Å²) in [6, 6.07) is 7.07. The Bertz CT molecular complexity index is 511. The first-order valence-corrected chi connectivity index (χ1v) is 7.42. The van der Waals surface area contributed by atoms with Crippen LogP contribution in [0.3, 0.4) is 0 Å². The van der Waals surface area contributed by atoms with E-state index in [1.165, 1.54) is 0 Å². The van der Waals surface area contributed by atoms with Gasteiger partial charge in [0.25, 0.3) is 5.91 Å². The number of rotatable bonds is 3. The van der Waals surface area contributed by atoms with E-state index in [0.29, 0.717) is 17.2 Å². The Labute approximate surface area is 125 Å². The average molecular weight is 289 g/mol. The molecule has 0 atom stereocenters. The van der Waals surface area contributed by atoms with Crippen molar-refractivity contribution in [3.05, 3.63) is 35.4 Å². The summed E-state index contributed by atoms with van der Waals surface area (Å²) in [6.07, 6.45) is 0.989. The number of carbonyl (C=O) groups excluding carboxylic acids is 2. The van der Waals surface area contributed by atoms with E-state index in [0.717, 1.165) is 32.6 Å². The summed E-state index contributed by atoms with van der Waals surface area (Å²) < 4.78 is 0. The molecule has 5 nitrogen and oxygen atoms in total. The van der Waals surface area contributed by atoms with Gasteiger partial charge in [0, 0.05) is 43.3 Å². The van der Waals surface area contributed by atoms with Gasteiger partial charge in [-0.3, -0.25) is 14.5 Å². The highest BCUT2D eigenvalue weighted by Crippen LogP contribution is 2.12. The van der Waals surface area contributed by atoms with Crippen LogP contribution in [0.4, 0.5) is 0 Å². The molecule has 1 fully saturated rings. The van der Waals surface area contributed by atoms with E-state index in [1.54, 1.807) is 24.3 Å². The number of nitrogens with zero attached hydrogens (tertiary/aromatic N) is 2. The summed E-state index contributed by atoms with van der Waals surface area (Å²) in [5, 5.41) is 0. The first-order valence-electron chi connectivity index (χ1n) is 7.42. The highest BCUT2D eigenvalue weighted by molar-refractivity contribution is 5.97. The van der Waals surface area contributed by atoms with Gasteiger partial charge in [-0.15, -0.1) is 0 Å². The van der Waals surface area contributed by atoms with Crippen LogP contribution >= 0.6 is 0 Å². The second-order valence-corrected chi connectivity index (χ2v) is 5.72. The van der Waals surface area contributed by atoms with Crippen molar-refractivity contribution >= 4 is 11.8 Å². The van der Waals surface area contributed by atoms with E-state index in [-0.39, 0.29) is 5.91 Å². The number of hydrogen-bond donors (Lipinski definition) is 1. The number of hydrogen-bond acceptors (Lipinski definition) is 3. The maximum absolute atomic E-state index is 12.5. The van der Waals surface area contributed by atoms with Gasteiger partial charge in [-0.25, -0.2) is 0 Å². The standard InChI is InChI=1S/C16H23N3O2/c1-12(2)18-8-3-9-19(11-10-18)16(21)14-6-4-13(5-7-14)15(17)20/h4-7,12H,3,8-11H2,1-2H3,(H2,17,20). The van der Waals surface area contributed by atoms with E-state index in [9.17, 15) is 9.59 Å². The molecular formula is C16H23N3O2. The fourth-order valence-electron chi connectivity index (χ4n) is 2.62. The molecule has 1 aromatic carbocycles. The average Bonchev–Trinajstić information content (AvgIpc) is 2.72. The number of primary amides is 1. The van der Waals surface area contributed by atoms with Crippen LogP contribution in [0.1, 0.15) is 41.0 Å². The molecule has 1 aromatic rings. The lowest BCUT2D eigenvalue weighted by Crippen LogP contribution is -2.37. The maximum atomic E-state index is 12.5. The molecule has 21 heavy (non-hydrogen) atoms. The Balaban J connectivity index is 2.04. The Morgan fingerprint density at radius 2 is 1.62 bits per heavy atom. The number of nitrogens with two attached hydrogens (primary N) is 1. The van der Waals surface area contributed by atoms with Crippen LogP contribution in [0.25, 0.3) is 0 Å². The third-order valence-electron chi connectivity index (χ3n) is 3.96. The Kier molecular flexibility index (Phi) is 4.96. The third-order valence-corrected chi connectivity index (χ3v) is 3.96. The molecule has 0 spiro atoms. The number of amides is 2. The molecule has 1 aliphatic rings. The predicted octanol–water partition coefficient (Wildman–Crippen LogP) is 1.34. The van der Waals surface area contributed by atoms with Gasteiger partial charge in [0.2, 0.25) is 5.91 Å². The van der Waals surface area contributed by atoms with Gasteiger partial charge >= 0.3 is 0 Å². The summed E-state index contributed by atoms with van der Waals surface area (Å²) in [6.45, 7) is 7.82. The molecule has 5 heteroatoms. The van der Waals surface area contributed by atoms with Crippen molar-refractivity contribution in [2.45, 2.75) is 26.3 Å². The van der Waals surface area contributed by atoms with E-state index >= 15 is 0 Å². The number of benzene rings is 1. The van der Waals surface area contributed by atoms with Gasteiger partial charge in [-0.05, 0) is 44.5 Å². The highest BCUT2D eigenvalue weighted by Gasteiger charge is 2.21. The van der Waals surface area contributed by atoms with Crippen LogP contribution in [0.5, 0.6) is 0 Å². The van der Waals surface area contributed by atoms with Crippen molar-refractivity contribution in [1.29, 1.82) is 0 Å². The maximum Gasteiger partial charge on any atom is 0.253 e. The largest absolute Gasteiger partial charge is 0.366 e. The van der Waals surface area contributed by atoms with Crippen molar-refractivity contribution in [3.63, 3.8) is 0 Å². The molecule has 114 valence electrons. The van der Waals surface area contributed by atoms with Crippen LogP contribution < -0.4 is 5.73 Å². The van der Waals surface area contributed by atoms with E-state index in [1.807, 2.05) is 4.90 Å². The molecule has 0 bridgehead atoms. The van der Waals surface area contributed by atoms with Crippen molar-refractivity contribution in [2.24, 2.45) is 5.73 Å². The van der Waals surface area contributed by atoms with Crippen LogP contribution in [-0.4, -0.2) is 53.8 Å². The van der Waals surface area contributed by atoms with E-state index in [4.69, 9.17) is 5.73 Å².